The first-order valence-corrected chi connectivity index (χ1v) is 12.7. The van der Waals surface area contributed by atoms with Crippen LogP contribution in [0.1, 0.15) is 43.2 Å². The number of carbonyl (C=O) groups is 4. The molecule has 39 heavy (non-hydrogen) atoms. The number of rotatable bonds is 9. The van der Waals surface area contributed by atoms with Crippen LogP contribution in [0.2, 0.25) is 0 Å². The van der Waals surface area contributed by atoms with Crippen molar-refractivity contribution in [3.05, 3.63) is 53.9 Å². The number of hydrogen-bond donors (Lipinski definition) is 1. The van der Waals surface area contributed by atoms with E-state index in [1.165, 1.54) is 33.4 Å². The normalized spacial score (nSPS) is 22.2. The summed E-state index contributed by atoms with van der Waals surface area (Å²) in [6, 6.07) is 9.32. The fourth-order valence-electron chi connectivity index (χ4n) is 4.07. The number of hydrogen-bond acceptors (Lipinski definition) is 10. The molecule has 5 atom stereocenters. The highest BCUT2D eigenvalue weighted by molar-refractivity contribution is 5.98. The van der Waals surface area contributed by atoms with Crippen LogP contribution in [0.5, 0.6) is 11.5 Å². The Morgan fingerprint density at radius 2 is 1.82 bits per heavy atom. The lowest BCUT2D eigenvalue weighted by Gasteiger charge is -2.30. The van der Waals surface area contributed by atoms with Crippen LogP contribution in [-0.2, 0) is 35.0 Å². The summed E-state index contributed by atoms with van der Waals surface area (Å²) in [5, 5.41) is 2.50. The molecule has 5 unspecified atom stereocenters. The topological polar surface area (TPSA) is 139 Å². The standard InChI is InChI=1S/C28H34N2O9/c1-6-16(2)26(32)39-23-17(3)38-28(34)20(15-37-27(33)19(23)14-18-10-8-7-9-11-18)30-25(31)22-24(36-5)21(35-4)12-13-29-22/h7-13,16-17,19-20,23H,6,14-15H2,1-5H3,(H,30,31). The third kappa shape index (κ3) is 7.24. The molecule has 0 aliphatic carbocycles. The lowest BCUT2D eigenvalue weighted by Crippen LogP contribution is -2.47. The number of esters is 3. The third-order valence-electron chi connectivity index (χ3n) is 6.52. The van der Waals surface area contributed by atoms with E-state index in [1.807, 2.05) is 37.3 Å². The number of aromatic nitrogens is 1. The molecule has 3 rings (SSSR count). The molecule has 1 aromatic carbocycles. The van der Waals surface area contributed by atoms with Crippen LogP contribution in [0.4, 0.5) is 0 Å². The van der Waals surface area contributed by atoms with Crippen molar-refractivity contribution in [1.29, 1.82) is 0 Å². The number of ether oxygens (including phenoxy) is 5. The average Bonchev–Trinajstić information content (AvgIpc) is 2.98. The number of benzene rings is 1. The quantitative estimate of drug-likeness (QED) is 0.371. The zero-order chi connectivity index (χ0) is 28.5. The van der Waals surface area contributed by atoms with Crippen molar-refractivity contribution in [2.24, 2.45) is 11.8 Å². The highest BCUT2D eigenvalue weighted by atomic mass is 16.6. The van der Waals surface area contributed by atoms with E-state index in [-0.39, 0.29) is 23.6 Å². The molecular weight excluding hydrogens is 508 g/mol. The molecule has 210 valence electrons. The van der Waals surface area contributed by atoms with Gasteiger partial charge in [0.25, 0.3) is 5.91 Å². The van der Waals surface area contributed by atoms with Gasteiger partial charge in [0.2, 0.25) is 0 Å². The number of nitrogens with one attached hydrogen (secondary N) is 1. The zero-order valence-electron chi connectivity index (χ0n) is 22.7. The Kier molecular flexibility index (Phi) is 10.2. The van der Waals surface area contributed by atoms with Gasteiger partial charge in [0.05, 0.1) is 20.1 Å². The van der Waals surface area contributed by atoms with Crippen molar-refractivity contribution in [2.75, 3.05) is 20.8 Å². The molecule has 1 aliphatic heterocycles. The average molecular weight is 543 g/mol. The second kappa shape index (κ2) is 13.6. The highest BCUT2D eigenvalue weighted by Gasteiger charge is 2.42. The number of pyridine rings is 1. The molecule has 1 aromatic heterocycles. The number of cyclic esters (lactones) is 2. The Labute approximate surface area is 227 Å². The van der Waals surface area contributed by atoms with E-state index in [9.17, 15) is 19.2 Å². The molecule has 1 saturated heterocycles. The lowest BCUT2D eigenvalue weighted by molar-refractivity contribution is -0.176. The predicted octanol–water partition coefficient (Wildman–Crippen LogP) is 2.50. The molecule has 0 saturated carbocycles. The van der Waals surface area contributed by atoms with Crippen LogP contribution in [0, 0.1) is 11.8 Å². The molecule has 0 bridgehead atoms. The smallest absolute Gasteiger partial charge is 0.332 e. The second-order valence-electron chi connectivity index (χ2n) is 9.20. The van der Waals surface area contributed by atoms with Gasteiger partial charge in [0.15, 0.2) is 29.3 Å². The van der Waals surface area contributed by atoms with Crippen molar-refractivity contribution in [3.8, 4) is 11.5 Å². The first-order chi connectivity index (χ1) is 18.7. The summed E-state index contributed by atoms with van der Waals surface area (Å²) in [5.41, 5.74) is 0.675. The monoisotopic (exact) mass is 542 g/mol. The zero-order valence-corrected chi connectivity index (χ0v) is 22.7. The summed E-state index contributed by atoms with van der Waals surface area (Å²) in [4.78, 5) is 56.3. The van der Waals surface area contributed by atoms with Crippen LogP contribution < -0.4 is 14.8 Å². The van der Waals surface area contributed by atoms with Gasteiger partial charge in [-0.1, -0.05) is 44.2 Å². The third-order valence-corrected chi connectivity index (χ3v) is 6.52. The SMILES string of the molecule is CCC(C)C(=O)OC1C(C)OC(=O)C(NC(=O)c2nccc(OC)c2OC)COC(=O)C1Cc1ccccc1. The summed E-state index contributed by atoms with van der Waals surface area (Å²) in [5.74, 6) is -3.89. The summed E-state index contributed by atoms with van der Waals surface area (Å²) < 4.78 is 27.3. The molecule has 0 spiro atoms. The Balaban J connectivity index is 1.89. The molecule has 11 heteroatoms. The molecular formula is C28H34N2O9. The minimum absolute atomic E-state index is 0.0687. The van der Waals surface area contributed by atoms with Gasteiger partial charge in [-0.2, -0.15) is 0 Å². The maximum atomic E-state index is 13.4. The van der Waals surface area contributed by atoms with Crippen LogP contribution in [0.15, 0.2) is 42.6 Å². The maximum absolute atomic E-state index is 13.4. The predicted molar refractivity (Wildman–Crippen MR) is 138 cm³/mol. The van der Waals surface area contributed by atoms with Crippen LogP contribution in [-0.4, -0.2) is 67.9 Å². The highest BCUT2D eigenvalue weighted by Crippen LogP contribution is 2.29. The molecule has 1 aliphatic rings. The minimum atomic E-state index is -1.36. The molecule has 0 radical (unpaired) electrons. The number of carbonyl (C=O) groups excluding carboxylic acids is 4. The lowest BCUT2D eigenvalue weighted by atomic mass is 9.91. The Morgan fingerprint density at radius 1 is 1.10 bits per heavy atom. The van der Waals surface area contributed by atoms with E-state index >= 15 is 0 Å². The van der Waals surface area contributed by atoms with Crippen molar-refractivity contribution in [2.45, 2.75) is 51.9 Å². The van der Waals surface area contributed by atoms with Gasteiger partial charge >= 0.3 is 17.9 Å². The van der Waals surface area contributed by atoms with Gasteiger partial charge < -0.3 is 29.0 Å². The van der Waals surface area contributed by atoms with Gasteiger partial charge in [0, 0.05) is 12.3 Å². The number of nitrogens with zero attached hydrogens (tertiary/aromatic N) is 1. The Morgan fingerprint density at radius 3 is 2.46 bits per heavy atom. The second-order valence-corrected chi connectivity index (χ2v) is 9.20. The largest absolute Gasteiger partial charge is 0.493 e. The van der Waals surface area contributed by atoms with E-state index in [0.29, 0.717) is 6.42 Å². The first kappa shape index (κ1) is 29.4. The summed E-state index contributed by atoms with van der Waals surface area (Å²) in [6.45, 7) is 4.59. The van der Waals surface area contributed by atoms with Gasteiger partial charge in [-0.15, -0.1) is 0 Å². The molecule has 1 amide bonds. The van der Waals surface area contributed by atoms with E-state index in [4.69, 9.17) is 23.7 Å². The Bertz CT molecular complexity index is 1170. The summed E-state index contributed by atoms with van der Waals surface area (Å²) in [7, 11) is 2.76. The number of methoxy groups -OCH3 is 2. The number of amides is 1. The minimum Gasteiger partial charge on any atom is -0.493 e. The van der Waals surface area contributed by atoms with Crippen molar-refractivity contribution < 1.29 is 42.9 Å². The maximum Gasteiger partial charge on any atom is 0.332 e. The molecule has 2 heterocycles. The van der Waals surface area contributed by atoms with E-state index in [0.717, 1.165) is 5.56 Å². The van der Waals surface area contributed by atoms with E-state index in [1.54, 1.807) is 6.92 Å². The van der Waals surface area contributed by atoms with Crippen molar-refractivity contribution >= 4 is 23.8 Å². The van der Waals surface area contributed by atoms with Gasteiger partial charge in [-0.25, -0.2) is 9.78 Å². The fraction of sp³-hybridized carbons (Fsp3) is 0.464. The fourth-order valence-corrected chi connectivity index (χ4v) is 4.07. The van der Waals surface area contributed by atoms with Crippen LogP contribution in [0.3, 0.4) is 0 Å². The first-order valence-electron chi connectivity index (χ1n) is 12.7. The van der Waals surface area contributed by atoms with Gasteiger partial charge in [-0.05, 0) is 25.3 Å². The van der Waals surface area contributed by atoms with Gasteiger partial charge in [-0.3, -0.25) is 14.4 Å². The van der Waals surface area contributed by atoms with Gasteiger partial charge in [0.1, 0.15) is 18.6 Å². The van der Waals surface area contributed by atoms with Crippen LogP contribution >= 0.6 is 0 Å². The molecule has 2 aromatic rings. The van der Waals surface area contributed by atoms with Crippen molar-refractivity contribution in [1.82, 2.24) is 10.3 Å². The summed E-state index contributed by atoms with van der Waals surface area (Å²) in [6.07, 6.45) is -0.0677. The van der Waals surface area contributed by atoms with Crippen LogP contribution in [0.25, 0.3) is 0 Å². The Hall–Kier alpha value is -4.15. The van der Waals surface area contributed by atoms with E-state index in [2.05, 4.69) is 10.3 Å². The van der Waals surface area contributed by atoms with Crippen molar-refractivity contribution in [3.63, 3.8) is 0 Å². The molecule has 11 nitrogen and oxygen atoms in total. The molecule has 1 fully saturated rings. The summed E-state index contributed by atoms with van der Waals surface area (Å²) >= 11 is 0. The molecule has 1 N–H and O–H groups in total. The van der Waals surface area contributed by atoms with E-state index < -0.39 is 60.5 Å².